The van der Waals surface area contributed by atoms with Crippen LogP contribution in [0.1, 0.15) is 102 Å². The van der Waals surface area contributed by atoms with Gasteiger partial charge in [0.25, 0.3) is 0 Å². The number of carbonyl (C=O) groups is 2. The second-order valence-electron chi connectivity index (χ2n) is 13.1. The Morgan fingerprint density at radius 2 is 1.86 bits per heavy atom. The third-order valence-electron chi connectivity index (χ3n) is 10.7. The maximum absolute atomic E-state index is 11.6. The number of hydrogen-bond donors (Lipinski definition) is 1. The van der Waals surface area contributed by atoms with Crippen molar-refractivity contribution in [3.05, 3.63) is 34.2 Å². The van der Waals surface area contributed by atoms with Crippen molar-refractivity contribution in [2.45, 2.75) is 111 Å². The molecule has 0 radical (unpaired) electrons. The maximum Gasteiger partial charge on any atom is 0.302 e. The van der Waals surface area contributed by atoms with Crippen LogP contribution in [-0.2, 0) is 32.6 Å². The van der Waals surface area contributed by atoms with Gasteiger partial charge in [-0.05, 0) is 104 Å². The molecule has 202 valence electrons. The first-order chi connectivity index (χ1) is 17.5. The first-order valence-corrected chi connectivity index (χ1v) is 14.5. The van der Waals surface area contributed by atoms with Gasteiger partial charge in [0.05, 0.1) is 11.4 Å². The molecule has 2 fully saturated rings. The molecule has 37 heavy (non-hydrogen) atoms. The number of fused-ring (bicyclic) bond motifs is 7. The lowest BCUT2D eigenvalue weighted by Crippen LogP contribution is -2.51. The van der Waals surface area contributed by atoms with Gasteiger partial charge >= 0.3 is 5.97 Å². The Labute approximate surface area is 222 Å². The van der Waals surface area contributed by atoms with Crippen molar-refractivity contribution < 1.29 is 14.3 Å². The number of aryl methyl sites for hydroxylation is 1. The van der Waals surface area contributed by atoms with E-state index in [0.717, 1.165) is 50.6 Å². The van der Waals surface area contributed by atoms with Crippen molar-refractivity contribution in [1.82, 2.24) is 15.5 Å². The van der Waals surface area contributed by atoms with Gasteiger partial charge in [-0.25, -0.2) is 0 Å². The van der Waals surface area contributed by atoms with E-state index >= 15 is 0 Å². The lowest BCUT2D eigenvalue weighted by atomic mass is 9.47. The summed E-state index contributed by atoms with van der Waals surface area (Å²) < 4.78 is 5.62. The third-order valence-corrected chi connectivity index (χ3v) is 10.7. The number of carbonyl (C=O) groups excluding carboxylic acids is 2. The summed E-state index contributed by atoms with van der Waals surface area (Å²) in [5, 5.41) is 12.5. The second-order valence-corrected chi connectivity index (χ2v) is 13.1. The van der Waals surface area contributed by atoms with Crippen molar-refractivity contribution in [2.75, 3.05) is 6.54 Å². The van der Waals surface area contributed by atoms with Crippen molar-refractivity contribution in [2.24, 2.45) is 29.1 Å². The van der Waals surface area contributed by atoms with Crippen molar-refractivity contribution >= 4 is 11.9 Å². The summed E-state index contributed by atoms with van der Waals surface area (Å²) in [6.07, 6.45) is 12.2. The molecule has 7 atom stereocenters. The van der Waals surface area contributed by atoms with Gasteiger partial charge in [-0.15, -0.1) is 0 Å². The molecule has 5 rings (SSSR count). The van der Waals surface area contributed by atoms with Gasteiger partial charge in [0.2, 0.25) is 5.91 Å². The van der Waals surface area contributed by atoms with Crippen LogP contribution in [0.5, 0.6) is 0 Å². The minimum absolute atomic E-state index is 0.0332. The zero-order valence-electron chi connectivity index (χ0n) is 23.7. The minimum atomic E-state index is -0.155. The number of ether oxygens (including phenoxy) is 1. The standard InChI is InChI=1S/C31H45N3O3/c1-18(17-32-20(3)35)7-10-27-19(2)29-28(34-33-27)16-26-24-9-8-22-15-23(37-21(4)36)11-13-30(22,5)25(24)12-14-31(26,29)6/h8,18,23-26H,7,9-17H2,1-6H3,(H,32,35)/t18-,23+,24-,25+,26+,30+,31+/m1/s1. The number of rotatable bonds is 6. The van der Waals surface area contributed by atoms with Crippen LogP contribution in [0.2, 0.25) is 0 Å². The molecule has 1 aromatic rings. The molecular formula is C31H45N3O3. The van der Waals surface area contributed by atoms with Crippen molar-refractivity contribution in [3.63, 3.8) is 0 Å². The first-order valence-electron chi connectivity index (χ1n) is 14.5. The molecule has 1 aromatic heterocycles. The highest BCUT2D eigenvalue weighted by Gasteiger charge is 2.58. The first kappa shape index (κ1) is 26.4. The normalized spacial score (nSPS) is 34.8. The molecule has 1 amide bonds. The van der Waals surface area contributed by atoms with E-state index in [4.69, 9.17) is 14.9 Å². The highest BCUT2D eigenvalue weighted by molar-refractivity contribution is 5.72. The molecule has 0 spiro atoms. The van der Waals surface area contributed by atoms with Gasteiger partial charge in [-0.3, -0.25) is 9.59 Å². The van der Waals surface area contributed by atoms with E-state index in [2.05, 4.69) is 39.1 Å². The number of nitrogens with zero attached hydrogens (tertiary/aromatic N) is 2. The fourth-order valence-corrected chi connectivity index (χ4v) is 8.73. The highest BCUT2D eigenvalue weighted by atomic mass is 16.5. The Morgan fingerprint density at radius 1 is 1.11 bits per heavy atom. The molecule has 1 N–H and O–H groups in total. The van der Waals surface area contributed by atoms with Crippen LogP contribution in [0, 0.1) is 36.0 Å². The molecule has 0 bridgehead atoms. The Hall–Kier alpha value is -2.24. The summed E-state index contributed by atoms with van der Waals surface area (Å²) in [4.78, 5) is 22.8. The molecule has 0 aromatic carbocycles. The van der Waals surface area contributed by atoms with Gasteiger partial charge in [0, 0.05) is 26.8 Å². The van der Waals surface area contributed by atoms with E-state index in [1.807, 2.05) is 0 Å². The van der Waals surface area contributed by atoms with Gasteiger partial charge in [0.15, 0.2) is 0 Å². The molecule has 6 heteroatoms. The lowest BCUT2D eigenvalue weighted by Gasteiger charge is -2.57. The largest absolute Gasteiger partial charge is 0.462 e. The van der Waals surface area contributed by atoms with E-state index in [1.54, 1.807) is 6.92 Å². The molecule has 1 heterocycles. The molecule has 0 unspecified atom stereocenters. The maximum atomic E-state index is 11.6. The second kappa shape index (κ2) is 9.81. The molecule has 0 aliphatic heterocycles. The number of esters is 1. The third kappa shape index (κ3) is 4.63. The summed E-state index contributed by atoms with van der Waals surface area (Å²) in [7, 11) is 0. The number of amides is 1. The van der Waals surface area contributed by atoms with Gasteiger partial charge < -0.3 is 10.1 Å². The van der Waals surface area contributed by atoms with Crippen LogP contribution in [0.3, 0.4) is 0 Å². The Kier molecular flexibility index (Phi) is 6.99. The lowest BCUT2D eigenvalue weighted by molar-refractivity contribution is -0.148. The van der Waals surface area contributed by atoms with Crippen LogP contribution >= 0.6 is 0 Å². The van der Waals surface area contributed by atoms with E-state index < -0.39 is 0 Å². The molecule has 0 saturated heterocycles. The quantitative estimate of drug-likeness (QED) is 0.412. The Morgan fingerprint density at radius 3 is 2.59 bits per heavy atom. The smallest absolute Gasteiger partial charge is 0.302 e. The fourth-order valence-electron chi connectivity index (χ4n) is 8.73. The number of hydrogen-bond acceptors (Lipinski definition) is 5. The van der Waals surface area contributed by atoms with Crippen LogP contribution in [0.15, 0.2) is 11.6 Å². The number of allylic oxidation sites excluding steroid dienone is 1. The van der Waals surface area contributed by atoms with Crippen LogP contribution in [0.25, 0.3) is 0 Å². The zero-order valence-corrected chi connectivity index (χ0v) is 23.7. The van der Waals surface area contributed by atoms with Crippen molar-refractivity contribution in [1.29, 1.82) is 0 Å². The molecule has 6 nitrogen and oxygen atoms in total. The summed E-state index contributed by atoms with van der Waals surface area (Å²) >= 11 is 0. The summed E-state index contributed by atoms with van der Waals surface area (Å²) in [5.74, 6) is 2.28. The predicted octanol–water partition coefficient (Wildman–Crippen LogP) is 5.40. The average Bonchev–Trinajstić information content (AvgIpc) is 3.15. The van der Waals surface area contributed by atoms with E-state index in [1.165, 1.54) is 42.2 Å². The predicted molar refractivity (Wildman–Crippen MR) is 144 cm³/mol. The van der Waals surface area contributed by atoms with Crippen molar-refractivity contribution in [3.8, 4) is 0 Å². The summed E-state index contributed by atoms with van der Waals surface area (Å²) in [6, 6.07) is 0. The van der Waals surface area contributed by atoms with Gasteiger partial charge in [-0.1, -0.05) is 32.4 Å². The number of nitrogens with one attached hydrogen (secondary N) is 1. The van der Waals surface area contributed by atoms with Crippen LogP contribution in [-0.4, -0.2) is 34.7 Å². The average molecular weight is 508 g/mol. The molecular weight excluding hydrogens is 462 g/mol. The zero-order chi connectivity index (χ0) is 26.5. The monoisotopic (exact) mass is 507 g/mol. The number of aromatic nitrogens is 2. The van der Waals surface area contributed by atoms with E-state index in [-0.39, 0.29) is 28.8 Å². The van der Waals surface area contributed by atoms with Crippen LogP contribution in [0.4, 0.5) is 0 Å². The summed E-state index contributed by atoms with van der Waals surface area (Å²) in [5.41, 5.74) is 7.17. The molecule has 4 aliphatic rings. The Bertz CT molecular complexity index is 1110. The van der Waals surface area contributed by atoms with Gasteiger partial charge in [0.1, 0.15) is 6.10 Å². The SMILES string of the molecule is CC(=O)NC[C@H](C)CCc1nnc2c(c1C)[C@@]1(C)CC[C@H]3[C@@H](CC=C4C[C@@H](OC(C)=O)CC[C@@]43C)[C@@H]1C2. The topological polar surface area (TPSA) is 81.2 Å². The minimum Gasteiger partial charge on any atom is -0.462 e. The Balaban J connectivity index is 1.35. The van der Waals surface area contributed by atoms with E-state index in [9.17, 15) is 9.59 Å². The molecule has 4 aliphatic carbocycles. The van der Waals surface area contributed by atoms with E-state index in [0.29, 0.717) is 30.2 Å². The van der Waals surface area contributed by atoms with Gasteiger partial charge in [-0.2, -0.15) is 10.2 Å². The van der Waals surface area contributed by atoms with Crippen LogP contribution < -0.4 is 5.32 Å². The fraction of sp³-hybridized carbons (Fsp3) is 0.742. The molecule has 2 saturated carbocycles. The summed E-state index contributed by atoms with van der Waals surface area (Å²) in [6.45, 7) is 13.3. The highest BCUT2D eigenvalue weighted by Crippen LogP contribution is 2.64.